The highest BCUT2D eigenvalue weighted by Gasteiger charge is 2.48. The lowest BCUT2D eigenvalue weighted by atomic mass is 10.1. The van der Waals surface area contributed by atoms with E-state index in [-0.39, 0.29) is 18.2 Å². The predicted octanol–water partition coefficient (Wildman–Crippen LogP) is 0.0710. The molecule has 0 aromatic carbocycles. The van der Waals surface area contributed by atoms with Crippen molar-refractivity contribution in [1.29, 1.82) is 0 Å². The van der Waals surface area contributed by atoms with E-state index in [1.807, 2.05) is 6.92 Å². The number of epoxide rings is 1. The number of hydrogen-bond donors (Lipinski definition) is 1. The van der Waals surface area contributed by atoms with E-state index in [1.54, 1.807) is 0 Å². The van der Waals surface area contributed by atoms with Crippen molar-refractivity contribution in [1.82, 2.24) is 4.90 Å². The molecule has 0 bridgehead atoms. The Morgan fingerprint density at radius 2 is 2.54 bits per heavy atom. The molecule has 0 aromatic rings. The average molecular weight is 184 g/mol. The third-order valence-electron chi connectivity index (χ3n) is 2.90. The van der Waals surface area contributed by atoms with Crippen molar-refractivity contribution in [2.75, 3.05) is 6.54 Å². The summed E-state index contributed by atoms with van der Waals surface area (Å²) in [5.41, 5.74) is 5.32. The summed E-state index contributed by atoms with van der Waals surface area (Å²) >= 11 is 0. The van der Waals surface area contributed by atoms with E-state index in [0.717, 1.165) is 25.8 Å². The molecule has 2 fully saturated rings. The Kier molecular flexibility index (Phi) is 2.26. The van der Waals surface area contributed by atoms with E-state index in [2.05, 4.69) is 4.90 Å². The molecule has 1 amide bonds. The molecular formula is C9H16N2O2. The zero-order valence-corrected chi connectivity index (χ0v) is 7.90. The third kappa shape index (κ3) is 1.56. The first-order valence-electron chi connectivity index (χ1n) is 4.94. The van der Waals surface area contributed by atoms with Crippen LogP contribution in [0, 0.1) is 0 Å². The quantitative estimate of drug-likeness (QED) is 0.631. The summed E-state index contributed by atoms with van der Waals surface area (Å²) in [6.07, 6.45) is 3.59. The number of carbonyl (C=O) groups excluding carboxylic acids is 1. The van der Waals surface area contributed by atoms with Gasteiger partial charge in [-0.25, -0.2) is 0 Å². The van der Waals surface area contributed by atoms with Crippen LogP contribution < -0.4 is 5.73 Å². The van der Waals surface area contributed by atoms with Gasteiger partial charge in [0.05, 0.1) is 12.1 Å². The van der Waals surface area contributed by atoms with Crippen molar-refractivity contribution in [3.63, 3.8) is 0 Å². The summed E-state index contributed by atoms with van der Waals surface area (Å²) in [6, 6.07) is -0.129. The molecule has 2 N–H and O–H groups in total. The third-order valence-corrected chi connectivity index (χ3v) is 2.90. The summed E-state index contributed by atoms with van der Waals surface area (Å²) in [6.45, 7) is 2.93. The second-order valence-electron chi connectivity index (χ2n) is 3.77. The van der Waals surface area contributed by atoms with Gasteiger partial charge in [-0.15, -0.1) is 0 Å². The van der Waals surface area contributed by atoms with Gasteiger partial charge >= 0.3 is 0 Å². The molecule has 0 aromatic heterocycles. The molecule has 2 saturated heterocycles. The molecule has 4 heteroatoms. The minimum absolute atomic E-state index is 0.129. The van der Waals surface area contributed by atoms with Gasteiger partial charge in [-0.2, -0.15) is 0 Å². The maximum atomic E-state index is 11.1. The molecular weight excluding hydrogens is 168 g/mol. The molecule has 0 radical (unpaired) electrons. The van der Waals surface area contributed by atoms with E-state index in [9.17, 15) is 4.79 Å². The maximum absolute atomic E-state index is 11.1. The van der Waals surface area contributed by atoms with Crippen LogP contribution in [0.4, 0.5) is 0 Å². The Balaban J connectivity index is 2.01. The van der Waals surface area contributed by atoms with Crippen molar-refractivity contribution < 1.29 is 9.53 Å². The Morgan fingerprint density at radius 1 is 1.77 bits per heavy atom. The fraction of sp³-hybridized carbons (Fsp3) is 0.889. The summed E-state index contributed by atoms with van der Waals surface area (Å²) < 4.78 is 5.44. The number of hydrogen-bond acceptors (Lipinski definition) is 3. The molecule has 2 rings (SSSR count). The molecule has 0 spiro atoms. The lowest BCUT2D eigenvalue weighted by Crippen LogP contribution is -2.48. The van der Waals surface area contributed by atoms with E-state index >= 15 is 0 Å². The number of rotatable bonds is 3. The van der Waals surface area contributed by atoms with Gasteiger partial charge in [-0.05, 0) is 19.3 Å². The molecule has 74 valence electrons. The number of primary amides is 1. The van der Waals surface area contributed by atoms with Crippen LogP contribution in [0.5, 0.6) is 0 Å². The number of carbonyl (C=O) groups is 1. The van der Waals surface area contributed by atoms with Crippen LogP contribution in [0.1, 0.15) is 26.2 Å². The van der Waals surface area contributed by atoms with Gasteiger partial charge in [0, 0.05) is 6.54 Å². The van der Waals surface area contributed by atoms with Crippen molar-refractivity contribution in [3.05, 3.63) is 0 Å². The Bertz CT molecular complexity index is 220. The number of piperidine rings is 1. The normalized spacial score (nSPS) is 35.2. The summed E-state index contributed by atoms with van der Waals surface area (Å²) in [4.78, 5) is 13.2. The van der Waals surface area contributed by atoms with Gasteiger partial charge in [-0.1, -0.05) is 6.92 Å². The highest BCUT2D eigenvalue weighted by molar-refractivity contribution is 5.79. The first-order chi connectivity index (χ1) is 6.24. The average Bonchev–Trinajstić information content (AvgIpc) is 2.84. The molecule has 4 nitrogen and oxygen atoms in total. The van der Waals surface area contributed by atoms with Crippen LogP contribution in [0.15, 0.2) is 0 Å². The Hall–Kier alpha value is -0.610. The summed E-state index contributed by atoms with van der Waals surface area (Å²) in [7, 11) is 0. The van der Waals surface area contributed by atoms with Gasteiger partial charge in [0.15, 0.2) is 0 Å². The van der Waals surface area contributed by atoms with E-state index in [4.69, 9.17) is 10.5 Å². The molecule has 2 unspecified atom stereocenters. The fourth-order valence-corrected chi connectivity index (χ4v) is 2.17. The van der Waals surface area contributed by atoms with Crippen molar-refractivity contribution in [3.8, 4) is 0 Å². The smallest absolute Gasteiger partial charge is 0.234 e. The number of nitrogens with zero attached hydrogens (tertiary/aromatic N) is 1. The Labute approximate surface area is 78.0 Å². The van der Waals surface area contributed by atoms with E-state index in [1.165, 1.54) is 0 Å². The molecule has 2 heterocycles. The molecule has 2 aliphatic rings. The largest absolute Gasteiger partial charge is 0.368 e. The summed E-state index contributed by atoms with van der Waals surface area (Å²) in [5.74, 6) is -0.223. The zero-order chi connectivity index (χ0) is 9.42. The van der Waals surface area contributed by atoms with Crippen LogP contribution in [0.3, 0.4) is 0 Å². The molecule has 0 aliphatic carbocycles. The van der Waals surface area contributed by atoms with Gasteiger partial charge in [0.2, 0.25) is 5.91 Å². The highest BCUT2D eigenvalue weighted by atomic mass is 16.6. The van der Waals surface area contributed by atoms with Crippen molar-refractivity contribution >= 4 is 5.91 Å². The predicted molar refractivity (Wildman–Crippen MR) is 47.9 cm³/mol. The minimum Gasteiger partial charge on any atom is -0.368 e. The maximum Gasteiger partial charge on any atom is 0.234 e. The standard InChI is InChI=1S/C9H16N2O2/c1-2-6(8(10)12)11-5-3-4-7-9(11)13-7/h6-7,9H,2-5H2,1H3,(H2,10,12)/t6-,7?,9?/m0/s1. The van der Waals surface area contributed by atoms with E-state index in [0.29, 0.717) is 6.10 Å². The number of likely N-dealkylation sites (tertiary alicyclic amines) is 1. The number of amides is 1. The second kappa shape index (κ2) is 3.27. The molecule has 13 heavy (non-hydrogen) atoms. The Morgan fingerprint density at radius 3 is 3.15 bits per heavy atom. The topological polar surface area (TPSA) is 58.9 Å². The zero-order valence-electron chi connectivity index (χ0n) is 7.90. The van der Waals surface area contributed by atoms with E-state index < -0.39 is 0 Å². The van der Waals surface area contributed by atoms with Crippen LogP contribution in [0.25, 0.3) is 0 Å². The second-order valence-corrected chi connectivity index (χ2v) is 3.77. The van der Waals surface area contributed by atoms with Gasteiger partial charge in [-0.3, -0.25) is 9.69 Å². The van der Waals surface area contributed by atoms with Crippen LogP contribution >= 0.6 is 0 Å². The SMILES string of the molecule is CC[C@@H](C(N)=O)N1CCCC2OC21. The molecule has 0 saturated carbocycles. The lowest BCUT2D eigenvalue weighted by Gasteiger charge is -2.29. The number of fused-ring (bicyclic) bond motifs is 1. The monoisotopic (exact) mass is 184 g/mol. The van der Waals surface area contributed by atoms with Crippen molar-refractivity contribution in [2.24, 2.45) is 5.73 Å². The highest BCUT2D eigenvalue weighted by Crippen LogP contribution is 2.36. The molecule has 3 atom stereocenters. The van der Waals surface area contributed by atoms with Gasteiger partial charge in [0.25, 0.3) is 0 Å². The number of nitrogens with two attached hydrogens (primary N) is 1. The first kappa shape index (κ1) is 8.97. The van der Waals surface area contributed by atoms with Crippen LogP contribution in [0.2, 0.25) is 0 Å². The van der Waals surface area contributed by atoms with Gasteiger partial charge < -0.3 is 10.5 Å². The van der Waals surface area contributed by atoms with Crippen LogP contribution in [-0.4, -0.2) is 35.7 Å². The van der Waals surface area contributed by atoms with Gasteiger partial charge in [0.1, 0.15) is 6.23 Å². The summed E-state index contributed by atoms with van der Waals surface area (Å²) in [5, 5.41) is 0. The number of ether oxygens (including phenoxy) is 1. The van der Waals surface area contributed by atoms with Crippen molar-refractivity contribution in [2.45, 2.75) is 44.6 Å². The fourth-order valence-electron chi connectivity index (χ4n) is 2.17. The first-order valence-corrected chi connectivity index (χ1v) is 4.94. The van der Waals surface area contributed by atoms with Crippen LogP contribution in [-0.2, 0) is 9.53 Å². The minimum atomic E-state index is -0.223. The molecule has 2 aliphatic heterocycles. The lowest BCUT2D eigenvalue weighted by molar-refractivity contribution is -0.124.